The van der Waals surface area contributed by atoms with Gasteiger partial charge in [-0.05, 0) is 52.4 Å². The minimum atomic E-state index is -4.42. The highest BCUT2D eigenvalue weighted by molar-refractivity contribution is 7.46. The standard InChI is InChI=1S/C33H68NO8P.C30H62NO8P/c1-6-8-9-10-11-12-13-14-15-16-17-18-20-23-27-38-30-32(31-42-43(36,37)41-29-26-34(3,4)5)40-28-24-21-19-22-25-33(35)39-7-2;1-3-5-6-7-8-9-10-11-12-13-14-15-17-20-24-35-27-29(28-39-40(33,34)38-26-23-31)37-25-21-18-16-19-22-30(32)36-4-2/h32H,6-31H2,1-5H3;29H,3-28,31H2,1-2H3,(H,33,34). The van der Waals surface area contributed by atoms with Gasteiger partial charge >= 0.3 is 11.9 Å². The summed E-state index contributed by atoms with van der Waals surface area (Å²) >= 11 is 0. The predicted octanol–water partition coefficient (Wildman–Crippen LogP) is 13.7. The molecule has 0 aromatic rings. The number of quaternary nitrogens is 2. The molecule has 20 heteroatoms. The van der Waals surface area contributed by atoms with Crippen LogP contribution in [0.2, 0.25) is 0 Å². The van der Waals surface area contributed by atoms with Gasteiger partial charge in [0.1, 0.15) is 32.0 Å². The molecule has 0 saturated heterocycles. The number of hydrogen-bond donors (Lipinski definition) is 1. The largest absolute Gasteiger partial charge is 0.756 e. The molecule has 0 rings (SSSR count). The van der Waals surface area contributed by atoms with Crippen LogP contribution in [0.15, 0.2) is 0 Å². The number of unbranched alkanes of at least 4 members (excludes halogenated alkanes) is 32. The van der Waals surface area contributed by atoms with Crippen molar-refractivity contribution in [1.82, 2.24) is 0 Å². The van der Waals surface area contributed by atoms with Crippen LogP contribution in [0.5, 0.6) is 0 Å². The zero-order valence-corrected chi connectivity index (χ0v) is 56.3. The first-order valence-corrected chi connectivity index (χ1v) is 36.5. The number of rotatable bonds is 65. The summed E-state index contributed by atoms with van der Waals surface area (Å²) in [7, 11) is -2.89. The lowest BCUT2D eigenvalue weighted by atomic mass is 10.0. The van der Waals surface area contributed by atoms with Crippen LogP contribution in [0.25, 0.3) is 0 Å². The van der Waals surface area contributed by atoms with Crippen LogP contribution in [0, 0.1) is 0 Å². The van der Waals surface area contributed by atoms with Crippen molar-refractivity contribution in [2.24, 2.45) is 0 Å². The van der Waals surface area contributed by atoms with Crippen LogP contribution in [-0.2, 0) is 65.2 Å². The zero-order chi connectivity index (χ0) is 61.7. The molecular formula is C63H130N2O16P2. The molecule has 0 amide bonds. The Labute approximate surface area is 508 Å². The Morgan fingerprint density at radius 1 is 0.386 bits per heavy atom. The Morgan fingerprint density at radius 3 is 0.976 bits per heavy atom. The van der Waals surface area contributed by atoms with Crippen molar-refractivity contribution in [2.45, 2.75) is 284 Å². The van der Waals surface area contributed by atoms with E-state index < -0.39 is 27.9 Å². The van der Waals surface area contributed by atoms with Crippen molar-refractivity contribution in [2.75, 3.05) is 114 Å². The van der Waals surface area contributed by atoms with Crippen LogP contribution in [0.1, 0.15) is 272 Å². The second-order valence-corrected chi connectivity index (χ2v) is 26.1. The summed E-state index contributed by atoms with van der Waals surface area (Å²) in [5.41, 5.74) is 3.57. The normalized spacial score (nSPS) is 14.0. The summed E-state index contributed by atoms with van der Waals surface area (Å²) < 4.78 is 78.0. The second-order valence-electron chi connectivity index (χ2n) is 23.3. The molecule has 3 N–H and O–H groups in total. The van der Waals surface area contributed by atoms with Gasteiger partial charge in [0, 0.05) is 39.3 Å². The number of nitrogens with zero attached hydrogens (tertiary/aromatic N) is 1. The fraction of sp³-hybridized carbons (Fsp3) is 0.968. The fourth-order valence-corrected chi connectivity index (χ4v) is 10.5. The van der Waals surface area contributed by atoms with Gasteiger partial charge in [-0.15, -0.1) is 0 Å². The molecule has 0 spiro atoms. The molecule has 498 valence electrons. The van der Waals surface area contributed by atoms with E-state index in [4.69, 9.17) is 46.5 Å². The molecule has 83 heavy (non-hydrogen) atoms. The molecule has 0 fully saturated rings. The molecule has 4 atom stereocenters. The third-order valence-electron chi connectivity index (χ3n) is 14.0. The highest BCUT2D eigenvalue weighted by atomic mass is 31.2. The molecule has 0 radical (unpaired) electrons. The number of esters is 2. The van der Waals surface area contributed by atoms with Gasteiger partial charge < -0.3 is 66.5 Å². The van der Waals surface area contributed by atoms with Crippen LogP contribution >= 0.6 is 15.6 Å². The molecule has 0 heterocycles. The summed E-state index contributed by atoms with van der Waals surface area (Å²) in [6, 6.07) is 0. The number of hydrogen-bond acceptors (Lipinski definition) is 16. The lowest BCUT2D eigenvalue weighted by Crippen LogP contribution is -2.52. The quantitative estimate of drug-likeness (QED) is 0.0258. The van der Waals surface area contributed by atoms with E-state index >= 15 is 0 Å². The Kier molecular flexibility index (Phi) is 63.3. The van der Waals surface area contributed by atoms with Crippen molar-refractivity contribution >= 4 is 27.6 Å². The van der Waals surface area contributed by atoms with E-state index in [0.29, 0.717) is 70.1 Å². The highest BCUT2D eigenvalue weighted by Crippen LogP contribution is 2.39. The van der Waals surface area contributed by atoms with Gasteiger partial charge in [-0.25, -0.2) is 0 Å². The Hall–Kier alpha value is -1.08. The Balaban J connectivity index is 0. The summed E-state index contributed by atoms with van der Waals surface area (Å²) in [4.78, 5) is 47.0. The first kappa shape index (κ1) is 84.0. The number of phosphoric acid groups is 2. The molecular weight excluding hydrogens is 1100 g/mol. The lowest BCUT2D eigenvalue weighted by Gasteiger charge is -2.28. The molecule has 0 bridgehead atoms. The van der Waals surface area contributed by atoms with Gasteiger partial charge in [-0.2, -0.15) is 0 Å². The van der Waals surface area contributed by atoms with E-state index in [9.17, 15) is 28.5 Å². The van der Waals surface area contributed by atoms with Gasteiger partial charge in [-0.3, -0.25) is 18.7 Å². The first-order chi connectivity index (χ1) is 40.0. The van der Waals surface area contributed by atoms with Crippen LogP contribution in [0.3, 0.4) is 0 Å². The topological polar surface area (TPSA) is 234 Å². The van der Waals surface area contributed by atoms with Gasteiger partial charge in [-0.1, -0.05) is 206 Å². The number of carbonyl (C=O) groups excluding carboxylic acids is 2. The van der Waals surface area contributed by atoms with E-state index in [1.165, 1.54) is 154 Å². The Morgan fingerprint density at radius 2 is 0.675 bits per heavy atom. The summed E-state index contributed by atoms with van der Waals surface area (Å²) in [5, 5.41) is 0. The first-order valence-electron chi connectivity index (χ1n) is 33.5. The average Bonchev–Trinajstić information content (AvgIpc) is 3.45. The van der Waals surface area contributed by atoms with E-state index in [0.717, 1.165) is 77.0 Å². The van der Waals surface area contributed by atoms with Gasteiger partial charge in [0.2, 0.25) is 0 Å². The van der Waals surface area contributed by atoms with E-state index in [-0.39, 0.29) is 51.6 Å². The lowest BCUT2D eigenvalue weighted by molar-refractivity contribution is -0.870. The van der Waals surface area contributed by atoms with Crippen molar-refractivity contribution in [1.29, 1.82) is 0 Å². The Bertz CT molecular complexity index is 1480. The maximum Gasteiger partial charge on any atom is 0.305 e. The number of carbonyl (C=O) groups is 2. The number of ether oxygens (including phenoxy) is 6. The molecule has 0 aromatic carbocycles. The van der Waals surface area contributed by atoms with E-state index in [1.54, 1.807) is 6.92 Å². The van der Waals surface area contributed by atoms with E-state index in [2.05, 4.69) is 19.6 Å². The molecule has 0 aromatic heterocycles. The minimum absolute atomic E-state index is 0.00622. The molecule has 18 nitrogen and oxygen atoms in total. The van der Waals surface area contributed by atoms with Crippen molar-refractivity contribution in [3.63, 3.8) is 0 Å². The minimum Gasteiger partial charge on any atom is -0.756 e. The van der Waals surface area contributed by atoms with Gasteiger partial charge in [0.05, 0.1) is 67.3 Å². The maximum absolute atomic E-state index is 12.2. The van der Waals surface area contributed by atoms with Gasteiger partial charge in [0.25, 0.3) is 15.6 Å². The smallest absolute Gasteiger partial charge is 0.305 e. The summed E-state index contributed by atoms with van der Waals surface area (Å²) in [6.07, 6.45) is 43.4. The summed E-state index contributed by atoms with van der Waals surface area (Å²) in [6.45, 7) is 12.4. The van der Waals surface area contributed by atoms with Crippen LogP contribution in [0.4, 0.5) is 0 Å². The second kappa shape index (κ2) is 62.5. The monoisotopic (exact) mass is 1230 g/mol. The fourth-order valence-electron chi connectivity index (χ4n) is 8.96. The molecule has 0 aliphatic rings. The third-order valence-corrected chi connectivity index (χ3v) is 15.9. The molecule has 0 aliphatic heterocycles. The number of phosphoric ester groups is 2. The van der Waals surface area contributed by atoms with Crippen molar-refractivity contribution in [3.05, 3.63) is 0 Å². The third kappa shape index (κ3) is 68.3. The molecule has 4 unspecified atom stereocenters. The van der Waals surface area contributed by atoms with Crippen LogP contribution in [-0.4, -0.2) is 142 Å². The molecule has 0 aliphatic carbocycles. The SMILES string of the molecule is CCCCCCCCCCCCCCCCOCC(COP(=O)([O-])OCC[N+](C)(C)C)OCCCCCCC(=O)OCC.CCCCCCCCCCCCCCCCOCC(COP(=O)([O-])OCC[NH3+])OCCCCCCC(=O)OCC. The average molecular weight is 1230 g/mol. The zero-order valence-electron chi connectivity index (χ0n) is 54.5. The van der Waals surface area contributed by atoms with Gasteiger partial charge in [0.15, 0.2) is 0 Å². The van der Waals surface area contributed by atoms with Crippen molar-refractivity contribution < 1.29 is 85.2 Å². The highest BCUT2D eigenvalue weighted by Gasteiger charge is 2.19. The number of likely N-dealkylation sites (N-methyl/N-ethyl adjacent to an activating group) is 1. The maximum atomic E-state index is 12.2. The summed E-state index contributed by atoms with van der Waals surface area (Å²) in [5.74, 6) is -0.312. The molecule has 0 saturated carbocycles. The van der Waals surface area contributed by atoms with E-state index in [1.807, 2.05) is 28.1 Å². The predicted molar refractivity (Wildman–Crippen MR) is 331 cm³/mol. The van der Waals surface area contributed by atoms with Crippen LogP contribution < -0.4 is 15.5 Å². The van der Waals surface area contributed by atoms with Crippen molar-refractivity contribution in [3.8, 4) is 0 Å².